The minimum atomic E-state index is 0.447. The summed E-state index contributed by atoms with van der Waals surface area (Å²) in [5.41, 5.74) is 1.08. The third kappa shape index (κ3) is 1.25. The molecule has 0 unspecified atom stereocenters. The minimum Gasteiger partial charge on any atom is -0.241 e. The van der Waals surface area contributed by atoms with Crippen LogP contribution >= 0.6 is 0 Å². The third-order valence-corrected chi connectivity index (χ3v) is 1.90. The van der Waals surface area contributed by atoms with E-state index in [2.05, 4.69) is 18.0 Å². The van der Waals surface area contributed by atoms with Crippen molar-refractivity contribution in [3.8, 4) is 6.07 Å². The van der Waals surface area contributed by atoms with Gasteiger partial charge in [-0.1, -0.05) is 24.3 Å². The van der Waals surface area contributed by atoms with Crippen LogP contribution in [0.3, 0.4) is 0 Å². The molecule has 2 heteroatoms. The first kappa shape index (κ1) is 7.75. The molecule has 0 aliphatic carbocycles. The van der Waals surface area contributed by atoms with Gasteiger partial charge in [0.1, 0.15) is 11.8 Å². The van der Waals surface area contributed by atoms with Crippen LogP contribution in [0.1, 0.15) is 11.4 Å². The molecule has 0 aliphatic heterocycles. The molecule has 1 heterocycles. The van der Waals surface area contributed by atoms with Gasteiger partial charge in [0.2, 0.25) is 0 Å². The highest BCUT2D eigenvalue weighted by Crippen LogP contribution is 2.16. The number of benzene rings is 1. The van der Waals surface area contributed by atoms with E-state index >= 15 is 0 Å². The first-order valence-corrected chi connectivity index (χ1v) is 3.93. The Bertz CT molecular complexity index is 495. The average Bonchev–Trinajstić information content (AvgIpc) is 2.16. The third-order valence-electron chi connectivity index (χ3n) is 1.90. The Labute approximate surface area is 76.5 Å². The van der Waals surface area contributed by atoms with Crippen molar-refractivity contribution in [2.75, 3.05) is 0 Å². The lowest BCUT2D eigenvalue weighted by Gasteiger charge is -1.99. The molecule has 0 bridgehead atoms. The number of rotatable bonds is 0. The molecular weight excluding hydrogens is 160 g/mol. The van der Waals surface area contributed by atoms with Crippen molar-refractivity contribution in [2.45, 2.75) is 0 Å². The highest BCUT2D eigenvalue weighted by atomic mass is 14.7. The Hall–Kier alpha value is -1.88. The van der Waals surface area contributed by atoms with E-state index in [4.69, 9.17) is 5.26 Å². The summed E-state index contributed by atoms with van der Waals surface area (Å²) in [4.78, 5) is 4.05. The lowest BCUT2D eigenvalue weighted by molar-refractivity contribution is 1.25. The first-order chi connectivity index (χ1) is 6.31. The van der Waals surface area contributed by atoms with Crippen LogP contribution in [0.4, 0.5) is 0 Å². The van der Waals surface area contributed by atoms with Crippen molar-refractivity contribution in [3.05, 3.63) is 48.6 Å². The van der Waals surface area contributed by atoms with Crippen molar-refractivity contribution in [1.29, 1.82) is 5.26 Å². The molecule has 0 spiro atoms. The smallest absolute Gasteiger partial charge is 0.148 e. The second-order valence-corrected chi connectivity index (χ2v) is 2.80. The van der Waals surface area contributed by atoms with E-state index in [0.717, 1.165) is 10.8 Å². The summed E-state index contributed by atoms with van der Waals surface area (Å²) in [5, 5.41) is 10.7. The number of hydrogen-bond donors (Lipinski definition) is 0. The summed E-state index contributed by atoms with van der Waals surface area (Å²) in [6.45, 7) is 3.72. The molecule has 61 valence electrons. The topological polar surface area (TPSA) is 36.7 Å². The highest BCUT2D eigenvalue weighted by molar-refractivity contribution is 5.86. The van der Waals surface area contributed by atoms with Crippen molar-refractivity contribution in [1.82, 2.24) is 4.98 Å². The van der Waals surface area contributed by atoms with Crippen molar-refractivity contribution in [2.24, 2.45) is 0 Å². The van der Waals surface area contributed by atoms with E-state index in [0.29, 0.717) is 11.4 Å². The summed E-state index contributed by atoms with van der Waals surface area (Å²) in [7, 11) is 0. The van der Waals surface area contributed by atoms with Gasteiger partial charge < -0.3 is 0 Å². The monoisotopic (exact) mass is 167 g/mol. The number of nitriles is 1. The van der Waals surface area contributed by atoms with Gasteiger partial charge in [0.05, 0.1) is 0 Å². The number of fused-ring (bicyclic) bond motifs is 1. The van der Waals surface area contributed by atoms with E-state index in [-0.39, 0.29) is 0 Å². The molecule has 0 fully saturated rings. The Balaban J connectivity index is 2.91. The maximum Gasteiger partial charge on any atom is 0.148 e. The van der Waals surface area contributed by atoms with Gasteiger partial charge in [-0.15, -0.1) is 0 Å². The summed E-state index contributed by atoms with van der Waals surface area (Å²) < 4.78 is 0. The van der Waals surface area contributed by atoms with Gasteiger partial charge in [-0.25, -0.2) is 4.98 Å². The molecule has 0 amide bonds. The van der Waals surface area contributed by atoms with Crippen LogP contribution in [0.25, 0.3) is 10.8 Å². The Morgan fingerprint density at radius 3 is 2.85 bits per heavy atom. The maximum absolute atomic E-state index is 8.82. The molecule has 1 aromatic carbocycles. The van der Waals surface area contributed by atoms with Gasteiger partial charge in [0.15, 0.2) is 0 Å². The Kier molecular flexibility index (Phi) is 1.71. The van der Waals surface area contributed by atoms with Crippen LogP contribution in [-0.4, -0.2) is 4.98 Å². The second kappa shape index (κ2) is 2.87. The predicted octanol–water partition coefficient (Wildman–Crippen LogP) is 2.29. The normalized spacial score (nSPS) is 9.85. The van der Waals surface area contributed by atoms with Crippen LogP contribution in [0, 0.1) is 18.3 Å². The van der Waals surface area contributed by atoms with E-state index in [1.165, 1.54) is 0 Å². The standard InChI is InChI=1S/C11H7N2/c1-8-6-9-4-2-3-5-10(9)11(7-12)13-8/h2-6H,1H2. The van der Waals surface area contributed by atoms with E-state index in [9.17, 15) is 0 Å². The minimum absolute atomic E-state index is 0.447. The molecule has 2 aromatic rings. The zero-order valence-corrected chi connectivity index (χ0v) is 6.99. The van der Waals surface area contributed by atoms with Crippen LogP contribution in [0.5, 0.6) is 0 Å². The summed E-state index contributed by atoms with van der Waals surface area (Å²) in [6, 6.07) is 11.6. The van der Waals surface area contributed by atoms with Crippen molar-refractivity contribution >= 4 is 10.8 Å². The quantitative estimate of drug-likeness (QED) is 0.603. The first-order valence-electron chi connectivity index (χ1n) is 3.93. The molecule has 1 radical (unpaired) electrons. The van der Waals surface area contributed by atoms with Crippen molar-refractivity contribution < 1.29 is 0 Å². The lowest BCUT2D eigenvalue weighted by Crippen LogP contribution is -1.88. The van der Waals surface area contributed by atoms with E-state index in [1.807, 2.05) is 30.3 Å². The molecule has 0 N–H and O–H groups in total. The van der Waals surface area contributed by atoms with Crippen molar-refractivity contribution in [3.63, 3.8) is 0 Å². The van der Waals surface area contributed by atoms with Crippen LogP contribution in [0.15, 0.2) is 30.3 Å². The maximum atomic E-state index is 8.82. The molecule has 2 nitrogen and oxygen atoms in total. The van der Waals surface area contributed by atoms with Crippen LogP contribution in [0.2, 0.25) is 0 Å². The number of aromatic nitrogens is 1. The number of pyridine rings is 1. The Morgan fingerprint density at radius 1 is 1.31 bits per heavy atom. The second-order valence-electron chi connectivity index (χ2n) is 2.80. The number of hydrogen-bond acceptors (Lipinski definition) is 2. The fourth-order valence-electron chi connectivity index (χ4n) is 1.34. The fourth-order valence-corrected chi connectivity index (χ4v) is 1.34. The van der Waals surface area contributed by atoms with Gasteiger partial charge in [0.25, 0.3) is 0 Å². The zero-order valence-electron chi connectivity index (χ0n) is 6.99. The molecule has 0 aliphatic rings. The SMILES string of the molecule is [CH2]c1cc2ccccc2c(C#N)n1. The predicted molar refractivity (Wildman–Crippen MR) is 50.9 cm³/mol. The lowest BCUT2D eigenvalue weighted by atomic mass is 10.1. The molecule has 2 rings (SSSR count). The van der Waals surface area contributed by atoms with Gasteiger partial charge >= 0.3 is 0 Å². The molecular formula is C11H7N2. The molecule has 0 atom stereocenters. The molecule has 13 heavy (non-hydrogen) atoms. The van der Waals surface area contributed by atoms with E-state index in [1.54, 1.807) is 0 Å². The molecule has 1 aromatic heterocycles. The van der Waals surface area contributed by atoms with Gasteiger partial charge in [-0.2, -0.15) is 5.26 Å². The van der Waals surface area contributed by atoms with Gasteiger partial charge in [-0.3, -0.25) is 0 Å². The zero-order chi connectivity index (χ0) is 9.26. The van der Waals surface area contributed by atoms with Gasteiger partial charge in [-0.05, 0) is 18.4 Å². The van der Waals surface area contributed by atoms with Crippen LogP contribution < -0.4 is 0 Å². The average molecular weight is 167 g/mol. The number of nitrogens with zero attached hydrogens (tertiary/aromatic N) is 2. The largest absolute Gasteiger partial charge is 0.241 e. The molecule has 0 saturated carbocycles. The summed E-state index contributed by atoms with van der Waals surface area (Å²) in [6.07, 6.45) is 0. The summed E-state index contributed by atoms with van der Waals surface area (Å²) >= 11 is 0. The highest BCUT2D eigenvalue weighted by Gasteiger charge is 2.01. The Morgan fingerprint density at radius 2 is 2.08 bits per heavy atom. The van der Waals surface area contributed by atoms with Crippen LogP contribution in [-0.2, 0) is 0 Å². The fraction of sp³-hybridized carbons (Fsp3) is 0. The molecule has 0 saturated heterocycles. The van der Waals surface area contributed by atoms with Gasteiger partial charge in [0, 0.05) is 11.1 Å². The summed E-state index contributed by atoms with van der Waals surface area (Å²) in [5.74, 6) is 0. The van der Waals surface area contributed by atoms with E-state index < -0.39 is 0 Å².